The predicted octanol–water partition coefficient (Wildman–Crippen LogP) is 3.05. The Morgan fingerprint density at radius 3 is 2.52 bits per heavy atom. The summed E-state index contributed by atoms with van der Waals surface area (Å²) in [4.78, 5) is 2.30. The van der Waals surface area contributed by atoms with Crippen LogP contribution in [-0.2, 0) is 0 Å². The van der Waals surface area contributed by atoms with Crippen LogP contribution < -0.4 is 10.2 Å². The number of aliphatic hydroxyl groups excluding tert-OH is 1. The van der Waals surface area contributed by atoms with Crippen molar-refractivity contribution in [2.45, 2.75) is 38.5 Å². The van der Waals surface area contributed by atoms with E-state index in [0.717, 1.165) is 26.1 Å². The highest BCUT2D eigenvalue weighted by Gasteiger charge is 2.30. The Hall–Kier alpha value is -1.06. The number of benzene rings is 1. The molecule has 0 saturated heterocycles. The monoisotopic (exact) mass is 290 g/mol. The molecule has 0 unspecified atom stereocenters. The Bertz CT molecular complexity index is 387. The van der Waals surface area contributed by atoms with E-state index in [0.29, 0.717) is 6.61 Å². The lowest BCUT2D eigenvalue weighted by Crippen LogP contribution is -2.39. The number of anilines is 1. The van der Waals surface area contributed by atoms with Gasteiger partial charge in [-0.05, 0) is 37.9 Å². The second-order valence-electron chi connectivity index (χ2n) is 6.51. The first kappa shape index (κ1) is 16.3. The summed E-state index contributed by atoms with van der Waals surface area (Å²) >= 11 is 0. The first-order valence-corrected chi connectivity index (χ1v) is 8.34. The second kappa shape index (κ2) is 8.40. The zero-order valence-electron chi connectivity index (χ0n) is 13.4. The normalized spacial score (nSPS) is 17.6. The highest BCUT2D eigenvalue weighted by Crippen LogP contribution is 2.35. The van der Waals surface area contributed by atoms with Crippen LogP contribution in [0.15, 0.2) is 30.3 Å². The van der Waals surface area contributed by atoms with Gasteiger partial charge in [-0.25, -0.2) is 0 Å². The van der Waals surface area contributed by atoms with Crippen molar-refractivity contribution >= 4 is 5.69 Å². The van der Waals surface area contributed by atoms with Crippen molar-refractivity contribution in [1.29, 1.82) is 0 Å². The highest BCUT2D eigenvalue weighted by atomic mass is 16.3. The van der Waals surface area contributed by atoms with E-state index in [1.54, 1.807) is 0 Å². The van der Waals surface area contributed by atoms with Crippen LogP contribution in [0, 0.1) is 5.41 Å². The predicted molar refractivity (Wildman–Crippen MR) is 89.8 cm³/mol. The number of hydrogen-bond acceptors (Lipinski definition) is 3. The Morgan fingerprint density at radius 1 is 1.14 bits per heavy atom. The quantitative estimate of drug-likeness (QED) is 0.722. The van der Waals surface area contributed by atoms with Gasteiger partial charge in [0.15, 0.2) is 0 Å². The molecule has 1 fully saturated rings. The molecule has 2 rings (SSSR count). The average Bonchev–Trinajstić information content (AvgIpc) is 2.56. The number of para-hydroxylation sites is 1. The van der Waals surface area contributed by atoms with Crippen LogP contribution in [0.3, 0.4) is 0 Å². The minimum absolute atomic E-state index is 0.156. The number of hydrogen-bond donors (Lipinski definition) is 2. The van der Waals surface area contributed by atoms with Crippen molar-refractivity contribution in [3.63, 3.8) is 0 Å². The molecule has 0 aliphatic heterocycles. The Balaban J connectivity index is 1.63. The summed E-state index contributed by atoms with van der Waals surface area (Å²) < 4.78 is 0. The molecule has 0 heterocycles. The van der Waals surface area contributed by atoms with E-state index >= 15 is 0 Å². The van der Waals surface area contributed by atoms with E-state index in [4.69, 9.17) is 0 Å². The molecule has 1 saturated carbocycles. The lowest BCUT2D eigenvalue weighted by Gasteiger charge is -2.36. The molecule has 0 amide bonds. The first-order valence-electron chi connectivity index (χ1n) is 8.34. The third-order valence-corrected chi connectivity index (χ3v) is 4.79. The summed E-state index contributed by atoms with van der Waals surface area (Å²) in [5, 5.41) is 13.3. The van der Waals surface area contributed by atoms with E-state index in [-0.39, 0.29) is 5.41 Å². The first-order chi connectivity index (χ1) is 10.3. The Morgan fingerprint density at radius 2 is 1.86 bits per heavy atom. The van der Waals surface area contributed by atoms with Gasteiger partial charge in [-0.2, -0.15) is 0 Å². The van der Waals surface area contributed by atoms with Crippen LogP contribution in [0.2, 0.25) is 0 Å². The van der Waals surface area contributed by atoms with Crippen LogP contribution in [-0.4, -0.2) is 38.4 Å². The minimum atomic E-state index is 0.156. The van der Waals surface area contributed by atoms with Gasteiger partial charge in [-0.15, -0.1) is 0 Å². The number of aliphatic hydroxyl groups is 1. The number of nitrogens with one attached hydrogen (secondary N) is 1. The van der Waals surface area contributed by atoms with Gasteiger partial charge in [0.1, 0.15) is 0 Å². The van der Waals surface area contributed by atoms with Gasteiger partial charge in [-0.3, -0.25) is 0 Å². The van der Waals surface area contributed by atoms with Crippen LogP contribution in [0.5, 0.6) is 0 Å². The topological polar surface area (TPSA) is 35.5 Å². The van der Waals surface area contributed by atoms with Gasteiger partial charge >= 0.3 is 0 Å². The molecular weight excluding hydrogens is 260 g/mol. The largest absolute Gasteiger partial charge is 0.396 e. The molecule has 0 spiro atoms. The molecule has 0 atom stereocenters. The fourth-order valence-electron chi connectivity index (χ4n) is 3.30. The Kier molecular flexibility index (Phi) is 6.52. The maximum Gasteiger partial charge on any atom is 0.0499 e. The summed E-state index contributed by atoms with van der Waals surface area (Å²) in [5.74, 6) is 0. The van der Waals surface area contributed by atoms with Crippen molar-refractivity contribution in [1.82, 2.24) is 5.32 Å². The van der Waals surface area contributed by atoms with Gasteiger partial charge in [0.2, 0.25) is 0 Å². The molecule has 3 nitrogen and oxygen atoms in total. The van der Waals surface area contributed by atoms with Gasteiger partial charge < -0.3 is 15.3 Å². The molecule has 1 aromatic rings. The lowest BCUT2D eigenvalue weighted by atomic mass is 9.74. The minimum Gasteiger partial charge on any atom is -0.396 e. The van der Waals surface area contributed by atoms with Crippen molar-refractivity contribution in [3.8, 4) is 0 Å². The fraction of sp³-hybridized carbons (Fsp3) is 0.667. The zero-order chi connectivity index (χ0) is 15.0. The van der Waals surface area contributed by atoms with E-state index < -0.39 is 0 Å². The van der Waals surface area contributed by atoms with Crippen LogP contribution in [0.1, 0.15) is 38.5 Å². The molecule has 1 aliphatic rings. The van der Waals surface area contributed by atoms with Gasteiger partial charge in [-0.1, -0.05) is 37.5 Å². The second-order valence-corrected chi connectivity index (χ2v) is 6.51. The van der Waals surface area contributed by atoms with E-state index in [1.807, 2.05) is 0 Å². The van der Waals surface area contributed by atoms with Crippen molar-refractivity contribution in [3.05, 3.63) is 30.3 Å². The summed E-state index contributed by atoms with van der Waals surface area (Å²) in [5.41, 5.74) is 1.43. The molecule has 118 valence electrons. The molecule has 2 N–H and O–H groups in total. The lowest BCUT2D eigenvalue weighted by molar-refractivity contribution is 0.0815. The van der Waals surface area contributed by atoms with Gasteiger partial charge in [0.25, 0.3) is 0 Å². The summed E-state index contributed by atoms with van der Waals surface area (Å²) in [6.07, 6.45) is 7.38. The third-order valence-electron chi connectivity index (χ3n) is 4.79. The molecule has 0 radical (unpaired) electrons. The maximum atomic E-state index is 9.69. The molecule has 0 bridgehead atoms. The van der Waals surface area contributed by atoms with E-state index in [2.05, 4.69) is 47.6 Å². The Labute approximate surface area is 129 Å². The summed E-state index contributed by atoms with van der Waals surface area (Å²) in [6, 6.07) is 10.5. The molecule has 3 heteroatoms. The summed E-state index contributed by atoms with van der Waals surface area (Å²) in [7, 11) is 2.14. The van der Waals surface area contributed by atoms with Crippen molar-refractivity contribution in [2.24, 2.45) is 5.41 Å². The van der Waals surface area contributed by atoms with E-state index in [1.165, 1.54) is 37.8 Å². The van der Waals surface area contributed by atoms with Crippen molar-refractivity contribution in [2.75, 3.05) is 38.2 Å². The smallest absolute Gasteiger partial charge is 0.0499 e. The molecule has 1 aliphatic carbocycles. The standard InChI is InChI=1S/C18H30N2O/c1-20(17-9-4-2-5-10-17)14-8-13-19-15-18(16-21)11-6-3-7-12-18/h2,4-5,9-10,19,21H,3,6-8,11-16H2,1H3. The van der Waals surface area contributed by atoms with Crippen LogP contribution >= 0.6 is 0 Å². The fourth-order valence-corrected chi connectivity index (χ4v) is 3.30. The average molecular weight is 290 g/mol. The SMILES string of the molecule is CN(CCCNCC1(CO)CCCCC1)c1ccccc1. The van der Waals surface area contributed by atoms with E-state index in [9.17, 15) is 5.11 Å². The van der Waals surface area contributed by atoms with Crippen LogP contribution in [0.4, 0.5) is 5.69 Å². The zero-order valence-corrected chi connectivity index (χ0v) is 13.4. The molecule has 21 heavy (non-hydrogen) atoms. The van der Waals surface area contributed by atoms with Gasteiger partial charge in [0.05, 0.1) is 0 Å². The number of nitrogens with zero attached hydrogens (tertiary/aromatic N) is 1. The molecule has 0 aromatic heterocycles. The molecule has 1 aromatic carbocycles. The highest BCUT2D eigenvalue weighted by molar-refractivity contribution is 5.44. The van der Waals surface area contributed by atoms with Crippen LogP contribution in [0.25, 0.3) is 0 Å². The molecular formula is C18H30N2O. The van der Waals surface area contributed by atoms with Crippen molar-refractivity contribution < 1.29 is 5.11 Å². The third kappa shape index (κ3) is 5.01. The maximum absolute atomic E-state index is 9.69. The van der Waals surface area contributed by atoms with Gasteiger partial charge in [0, 0.05) is 37.8 Å². The number of rotatable bonds is 8. The summed E-state index contributed by atoms with van der Waals surface area (Å²) in [6.45, 7) is 3.39.